The van der Waals surface area contributed by atoms with Crippen molar-refractivity contribution in [2.24, 2.45) is 0 Å². The third kappa shape index (κ3) is 4.96. The lowest BCUT2D eigenvalue weighted by Crippen LogP contribution is -2.54. The van der Waals surface area contributed by atoms with Gasteiger partial charge >= 0.3 is 0 Å². The van der Waals surface area contributed by atoms with E-state index in [2.05, 4.69) is 65.7 Å². The van der Waals surface area contributed by atoms with E-state index in [-0.39, 0.29) is 20.8 Å². The third-order valence-corrected chi connectivity index (χ3v) is 5.56. The normalized spacial score (nSPS) is 14.1. The Morgan fingerprint density at radius 3 is 1.50 bits per heavy atom. The van der Waals surface area contributed by atoms with Gasteiger partial charge in [-0.15, -0.1) is 0 Å². The summed E-state index contributed by atoms with van der Waals surface area (Å²) in [5.74, 6) is 0. The zero-order chi connectivity index (χ0) is 11.6. The molecule has 0 aliphatic rings. The average Bonchev–Trinajstić information content (AvgIpc) is 1.78. The van der Waals surface area contributed by atoms with E-state index in [1.54, 1.807) is 0 Å². The van der Waals surface area contributed by atoms with Gasteiger partial charge in [0.25, 0.3) is 0 Å². The lowest BCUT2D eigenvalue weighted by molar-refractivity contribution is 0.141. The Balaban J connectivity index is 4.69. The highest BCUT2D eigenvalue weighted by Crippen LogP contribution is 2.23. The molecule has 0 spiro atoms. The van der Waals surface area contributed by atoms with Crippen molar-refractivity contribution in [1.29, 1.82) is 0 Å². The lowest BCUT2D eigenvalue weighted by atomic mass is 10.0. The molecule has 0 aliphatic heterocycles. The smallest absolute Gasteiger partial charge is 0.120 e. The molecule has 2 heteroatoms. The minimum Gasteiger partial charge on any atom is -0.316 e. The first-order valence-electron chi connectivity index (χ1n) is 5.46. The summed E-state index contributed by atoms with van der Waals surface area (Å²) in [6.45, 7) is 18.2. The minimum atomic E-state index is -0.259. The molecule has 0 heterocycles. The van der Waals surface area contributed by atoms with Gasteiger partial charge < -0.3 is 4.57 Å². The van der Waals surface area contributed by atoms with Gasteiger partial charge in [-0.25, -0.2) is 0 Å². The molecular weight excluding hydrogens is 186 g/mol. The molecule has 84 valence electrons. The first-order valence-corrected chi connectivity index (χ1v) is 6.91. The fourth-order valence-electron chi connectivity index (χ4n) is 1.83. The Morgan fingerprint density at radius 2 is 1.29 bits per heavy atom. The molecule has 0 rings (SSSR count). The largest absolute Gasteiger partial charge is 0.316 e. The molecule has 14 heavy (non-hydrogen) atoms. The van der Waals surface area contributed by atoms with Crippen molar-refractivity contribution >= 4 is 9.68 Å². The highest BCUT2D eigenvalue weighted by atomic mass is 28.2. The van der Waals surface area contributed by atoms with Crippen LogP contribution in [0, 0.1) is 0 Å². The van der Waals surface area contributed by atoms with Gasteiger partial charge in [-0.3, -0.25) is 0 Å². The van der Waals surface area contributed by atoms with Crippen LogP contribution in [0.4, 0.5) is 0 Å². The molecular formula is C12H27NSi. The van der Waals surface area contributed by atoms with Crippen molar-refractivity contribution < 1.29 is 0 Å². The van der Waals surface area contributed by atoms with Crippen molar-refractivity contribution in [3.05, 3.63) is 11.3 Å². The van der Waals surface area contributed by atoms with Crippen LogP contribution in [0.5, 0.6) is 0 Å². The molecule has 1 nitrogen and oxygen atoms in total. The van der Waals surface area contributed by atoms with Crippen molar-refractivity contribution in [2.45, 2.75) is 66.5 Å². The molecule has 0 radical (unpaired) electrons. The molecule has 0 amide bonds. The van der Waals surface area contributed by atoms with Gasteiger partial charge in [0.05, 0.1) is 0 Å². The molecule has 0 saturated carbocycles. The van der Waals surface area contributed by atoms with Crippen molar-refractivity contribution in [3.63, 3.8) is 0 Å². The predicted molar refractivity (Wildman–Crippen MR) is 69.3 cm³/mol. The van der Waals surface area contributed by atoms with Gasteiger partial charge in [-0.1, -0.05) is 11.3 Å². The Morgan fingerprint density at radius 1 is 0.929 bits per heavy atom. The van der Waals surface area contributed by atoms with Crippen LogP contribution in [0.1, 0.15) is 55.4 Å². The molecule has 0 saturated heterocycles. The second kappa shape index (κ2) is 4.62. The Kier molecular flexibility index (Phi) is 4.60. The summed E-state index contributed by atoms with van der Waals surface area (Å²) in [5.41, 5.74) is 4.47. The predicted octanol–water partition coefficient (Wildman–Crippen LogP) is 2.89. The van der Waals surface area contributed by atoms with Crippen LogP contribution < -0.4 is 0 Å². The SMILES string of the molecule is CC(C)=C[SiH2]N(C(C)(C)C)C(C)(C)C. The summed E-state index contributed by atoms with van der Waals surface area (Å²) >= 11 is 0. The third-order valence-electron chi connectivity index (χ3n) is 2.30. The second-order valence-corrected chi connectivity index (χ2v) is 7.64. The van der Waals surface area contributed by atoms with Crippen molar-refractivity contribution in [1.82, 2.24) is 4.57 Å². The van der Waals surface area contributed by atoms with Crippen molar-refractivity contribution in [3.8, 4) is 0 Å². The summed E-state index contributed by atoms with van der Waals surface area (Å²) < 4.78 is 2.66. The fourth-order valence-corrected chi connectivity index (χ4v) is 3.47. The van der Waals surface area contributed by atoms with E-state index in [0.717, 1.165) is 0 Å². The van der Waals surface area contributed by atoms with Crippen LogP contribution in [0.3, 0.4) is 0 Å². The monoisotopic (exact) mass is 213 g/mol. The first-order chi connectivity index (χ1) is 6.05. The zero-order valence-electron chi connectivity index (χ0n) is 11.2. The molecule has 0 aliphatic carbocycles. The molecule has 0 bridgehead atoms. The van der Waals surface area contributed by atoms with Crippen molar-refractivity contribution in [2.75, 3.05) is 0 Å². The summed E-state index contributed by atoms with van der Waals surface area (Å²) in [5, 5.41) is 0. The van der Waals surface area contributed by atoms with E-state index < -0.39 is 0 Å². The molecule has 0 fully saturated rings. The summed E-state index contributed by atoms with van der Waals surface area (Å²) in [4.78, 5) is 0. The number of hydrogen-bond donors (Lipinski definition) is 0. The van der Waals surface area contributed by atoms with E-state index in [1.807, 2.05) is 0 Å². The maximum atomic E-state index is 2.66. The summed E-state index contributed by atoms with van der Waals surface area (Å²) in [6, 6.07) is 0. The molecule has 0 aromatic carbocycles. The van der Waals surface area contributed by atoms with Crippen LogP contribution in [-0.4, -0.2) is 25.3 Å². The molecule has 0 unspecified atom stereocenters. The van der Waals surface area contributed by atoms with Crippen LogP contribution >= 0.6 is 0 Å². The fraction of sp³-hybridized carbons (Fsp3) is 0.833. The van der Waals surface area contributed by atoms with Crippen LogP contribution in [0.2, 0.25) is 0 Å². The van der Waals surface area contributed by atoms with E-state index in [0.29, 0.717) is 0 Å². The second-order valence-electron chi connectivity index (χ2n) is 6.23. The highest BCUT2D eigenvalue weighted by Gasteiger charge is 2.29. The summed E-state index contributed by atoms with van der Waals surface area (Å²) in [6.07, 6.45) is 0. The number of hydrogen-bond acceptors (Lipinski definition) is 1. The Hall–Kier alpha value is -0.0831. The average molecular weight is 213 g/mol. The zero-order valence-corrected chi connectivity index (χ0v) is 12.6. The van der Waals surface area contributed by atoms with Gasteiger partial charge in [0.2, 0.25) is 0 Å². The van der Waals surface area contributed by atoms with Crippen LogP contribution in [0.15, 0.2) is 11.3 Å². The first kappa shape index (κ1) is 13.9. The van der Waals surface area contributed by atoms with Crippen LogP contribution in [-0.2, 0) is 0 Å². The Bertz CT molecular complexity index is 187. The topological polar surface area (TPSA) is 3.24 Å². The number of nitrogens with zero attached hydrogens (tertiary/aromatic N) is 1. The molecule has 0 aromatic heterocycles. The van der Waals surface area contributed by atoms with Gasteiger partial charge in [-0.2, -0.15) is 0 Å². The van der Waals surface area contributed by atoms with Gasteiger partial charge in [0.1, 0.15) is 9.68 Å². The quantitative estimate of drug-likeness (QED) is 0.638. The molecule has 0 atom stereocenters. The summed E-state index contributed by atoms with van der Waals surface area (Å²) in [7, 11) is -0.259. The Labute approximate surface area is 92.5 Å². The highest BCUT2D eigenvalue weighted by molar-refractivity contribution is 6.39. The number of allylic oxidation sites excluding steroid dienone is 1. The number of rotatable bonds is 2. The van der Waals surface area contributed by atoms with Gasteiger partial charge in [0, 0.05) is 11.1 Å². The maximum absolute atomic E-state index is 2.66. The van der Waals surface area contributed by atoms with Gasteiger partial charge in [0.15, 0.2) is 0 Å². The van der Waals surface area contributed by atoms with E-state index in [9.17, 15) is 0 Å². The van der Waals surface area contributed by atoms with Gasteiger partial charge in [-0.05, 0) is 55.4 Å². The molecule has 0 aromatic rings. The molecule has 0 N–H and O–H groups in total. The maximum Gasteiger partial charge on any atom is 0.120 e. The van der Waals surface area contributed by atoms with Crippen LogP contribution in [0.25, 0.3) is 0 Å². The standard InChI is InChI=1S/C12H27NSi/c1-10(2)9-14-13(11(3,4)5)12(6,7)8/h9H,14H2,1-8H3. The minimum absolute atomic E-state index is 0.259. The van der Waals surface area contributed by atoms with E-state index >= 15 is 0 Å². The van der Waals surface area contributed by atoms with E-state index in [4.69, 9.17) is 0 Å². The lowest BCUT2D eigenvalue weighted by Gasteiger charge is -2.45. The van der Waals surface area contributed by atoms with E-state index in [1.165, 1.54) is 5.57 Å².